The quantitative estimate of drug-likeness (QED) is 0.832. The fraction of sp³-hybridized carbons (Fsp3) is 0.769. The molecule has 1 aliphatic heterocycles. The Kier molecular flexibility index (Phi) is 3.16. The van der Waals surface area contributed by atoms with E-state index in [9.17, 15) is 0 Å². The Hall–Kier alpha value is -0.870. The highest BCUT2D eigenvalue weighted by Gasteiger charge is 2.25. The van der Waals surface area contributed by atoms with Crippen LogP contribution in [0.3, 0.4) is 0 Å². The van der Waals surface area contributed by atoms with Crippen LogP contribution in [0.2, 0.25) is 0 Å². The van der Waals surface area contributed by atoms with E-state index in [-0.39, 0.29) is 0 Å². The molecule has 94 valence electrons. The zero-order valence-corrected chi connectivity index (χ0v) is 10.6. The van der Waals surface area contributed by atoms with Gasteiger partial charge in [0, 0.05) is 25.3 Å². The average molecular weight is 234 g/mol. The van der Waals surface area contributed by atoms with Crippen LogP contribution in [0.5, 0.6) is 0 Å². The number of imidazole rings is 1. The largest absolute Gasteiger partial charge is 0.330 e. The number of aromatic nitrogens is 2. The van der Waals surface area contributed by atoms with Crippen LogP contribution in [0, 0.1) is 5.92 Å². The highest BCUT2D eigenvalue weighted by atomic mass is 15.1. The minimum Gasteiger partial charge on any atom is -0.330 e. The molecule has 3 rings (SSSR count). The molecule has 1 saturated carbocycles. The molecule has 1 unspecified atom stereocenters. The van der Waals surface area contributed by atoms with Gasteiger partial charge in [-0.2, -0.15) is 0 Å². The minimum atomic E-state index is 0.743. The molecule has 1 atom stereocenters. The Morgan fingerprint density at radius 2 is 2.29 bits per heavy atom. The monoisotopic (exact) mass is 234 g/mol. The van der Waals surface area contributed by atoms with E-state index in [4.69, 9.17) is 0 Å². The Bertz CT molecular complexity index is 369. The number of nitrogens with one attached hydrogen (secondary N) is 1. The summed E-state index contributed by atoms with van der Waals surface area (Å²) in [6.07, 6.45) is 7.99. The van der Waals surface area contributed by atoms with E-state index in [2.05, 4.69) is 26.8 Å². The molecule has 1 N–H and O–H groups in total. The van der Waals surface area contributed by atoms with Crippen molar-refractivity contribution in [2.24, 2.45) is 5.92 Å². The fourth-order valence-electron chi connectivity index (χ4n) is 2.75. The van der Waals surface area contributed by atoms with E-state index in [0.717, 1.165) is 25.0 Å². The van der Waals surface area contributed by atoms with Crippen LogP contribution >= 0.6 is 0 Å². The van der Waals surface area contributed by atoms with Crippen LogP contribution in [0.1, 0.15) is 31.0 Å². The number of rotatable bonds is 5. The Labute approximate surface area is 103 Å². The van der Waals surface area contributed by atoms with Crippen molar-refractivity contribution in [3.63, 3.8) is 0 Å². The molecule has 0 spiro atoms. The second kappa shape index (κ2) is 4.78. The van der Waals surface area contributed by atoms with Crippen molar-refractivity contribution in [2.75, 3.05) is 26.7 Å². The van der Waals surface area contributed by atoms with Crippen molar-refractivity contribution in [2.45, 2.75) is 31.8 Å². The van der Waals surface area contributed by atoms with Crippen molar-refractivity contribution < 1.29 is 0 Å². The summed E-state index contributed by atoms with van der Waals surface area (Å²) in [5.41, 5.74) is 1.35. The summed E-state index contributed by atoms with van der Waals surface area (Å²) in [5.74, 6) is 0.831. The van der Waals surface area contributed by atoms with Gasteiger partial charge in [-0.3, -0.25) is 0 Å². The van der Waals surface area contributed by atoms with Crippen LogP contribution in [-0.4, -0.2) is 41.1 Å². The Morgan fingerprint density at radius 3 is 3.00 bits per heavy atom. The first kappa shape index (κ1) is 11.2. The first-order chi connectivity index (χ1) is 8.33. The topological polar surface area (TPSA) is 33.1 Å². The molecule has 1 saturated heterocycles. The molecule has 1 aromatic heterocycles. The van der Waals surface area contributed by atoms with Crippen LogP contribution in [0.4, 0.5) is 0 Å². The van der Waals surface area contributed by atoms with Gasteiger partial charge in [0.15, 0.2) is 0 Å². The van der Waals surface area contributed by atoms with E-state index in [1.54, 1.807) is 0 Å². The standard InChI is InChI=1S/C13H22N4/c1-16-5-4-11(9-16)6-14-7-13-8-15-10-17(13)12-2-3-12/h8,10-12,14H,2-7,9H2,1H3. The van der Waals surface area contributed by atoms with Crippen LogP contribution in [0.15, 0.2) is 12.5 Å². The van der Waals surface area contributed by atoms with Gasteiger partial charge < -0.3 is 14.8 Å². The second-order valence-electron chi connectivity index (χ2n) is 5.57. The molecule has 1 aromatic rings. The van der Waals surface area contributed by atoms with Gasteiger partial charge >= 0.3 is 0 Å². The fourth-order valence-corrected chi connectivity index (χ4v) is 2.75. The number of hydrogen-bond donors (Lipinski definition) is 1. The molecule has 4 nitrogen and oxygen atoms in total. The number of nitrogens with zero attached hydrogens (tertiary/aromatic N) is 3. The highest BCUT2D eigenvalue weighted by molar-refractivity contribution is 5.03. The first-order valence-electron chi connectivity index (χ1n) is 6.73. The normalized spacial score (nSPS) is 25.6. The molecule has 2 heterocycles. The molecule has 0 aromatic carbocycles. The van der Waals surface area contributed by atoms with Gasteiger partial charge in [-0.05, 0) is 45.3 Å². The lowest BCUT2D eigenvalue weighted by molar-refractivity contribution is 0.387. The third-order valence-corrected chi connectivity index (χ3v) is 3.91. The van der Waals surface area contributed by atoms with E-state index < -0.39 is 0 Å². The smallest absolute Gasteiger partial charge is 0.0951 e. The van der Waals surface area contributed by atoms with Gasteiger partial charge in [-0.1, -0.05) is 0 Å². The zero-order valence-electron chi connectivity index (χ0n) is 10.6. The lowest BCUT2D eigenvalue weighted by atomic mass is 10.1. The van der Waals surface area contributed by atoms with Crippen molar-refractivity contribution >= 4 is 0 Å². The van der Waals surface area contributed by atoms with Crippen molar-refractivity contribution in [3.8, 4) is 0 Å². The number of hydrogen-bond acceptors (Lipinski definition) is 3. The molecule has 0 bridgehead atoms. The Morgan fingerprint density at radius 1 is 1.41 bits per heavy atom. The highest BCUT2D eigenvalue weighted by Crippen LogP contribution is 2.35. The maximum Gasteiger partial charge on any atom is 0.0951 e. The lowest BCUT2D eigenvalue weighted by Gasteiger charge is -2.12. The predicted molar refractivity (Wildman–Crippen MR) is 67.8 cm³/mol. The van der Waals surface area contributed by atoms with Crippen LogP contribution in [0.25, 0.3) is 0 Å². The Balaban J connectivity index is 1.45. The lowest BCUT2D eigenvalue weighted by Crippen LogP contribution is -2.25. The zero-order chi connectivity index (χ0) is 11.7. The first-order valence-corrected chi connectivity index (χ1v) is 6.73. The maximum absolute atomic E-state index is 4.26. The maximum atomic E-state index is 4.26. The molecular formula is C13H22N4. The predicted octanol–water partition coefficient (Wildman–Crippen LogP) is 1.26. The molecule has 1 aliphatic carbocycles. The molecule has 17 heavy (non-hydrogen) atoms. The van der Waals surface area contributed by atoms with Gasteiger partial charge in [0.2, 0.25) is 0 Å². The van der Waals surface area contributed by atoms with Gasteiger partial charge in [0.1, 0.15) is 0 Å². The molecule has 2 fully saturated rings. The molecule has 0 amide bonds. The van der Waals surface area contributed by atoms with Gasteiger partial charge in [-0.15, -0.1) is 0 Å². The summed E-state index contributed by atoms with van der Waals surface area (Å²) >= 11 is 0. The summed E-state index contributed by atoms with van der Waals surface area (Å²) in [4.78, 5) is 6.68. The molecule has 2 aliphatic rings. The van der Waals surface area contributed by atoms with Crippen molar-refractivity contribution in [3.05, 3.63) is 18.2 Å². The van der Waals surface area contributed by atoms with E-state index in [1.165, 1.54) is 38.0 Å². The number of likely N-dealkylation sites (tertiary alicyclic amines) is 1. The van der Waals surface area contributed by atoms with Crippen molar-refractivity contribution in [1.29, 1.82) is 0 Å². The van der Waals surface area contributed by atoms with Crippen molar-refractivity contribution in [1.82, 2.24) is 19.8 Å². The summed E-state index contributed by atoms with van der Waals surface area (Å²) < 4.78 is 2.34. The van der Waals surface area contributed by atoms with Gasteiger partial charge in [0.25, 0.3) is 0 Å². The van der Waals surface area contributed by atoms with E-state index >= 15 is 0 Å². The second-order valence-corrected chi connectivity index (χ2v) is 5.57. The molecule has 0 radical (unpaired) electrons. The van der Waals surface area contributed by atoms with Crippen LogP contribution < -0.4 is 5.32 Å². The average Bonchev–Trinajstić information content (AvgIpc) is 2.92. The van der Waals surface area contributed by atoms with Gasteiger partial charge in [0.05, 0.1) is 12.0 Å². The van der Waals surface area contributed by atoms with E-state index in [0.29, 0.717) is 0 Å². The summed E-state index contributed by atoms with van der Waals surface area (Å²) in [6.45, 7) is 4.61. The molecular weight excluding hydrogens is 212 g/mol. The van der Waals surface area contributed by atoms with E-state index in [1.807, 2.05) is 12.5 Å². The molecule has 4 heteroatoms. The van der Waals surface area contributed by atoms with Crippen LogP contribution in [-0.2, 0) is 6.54 Å². The summed E-state index contributed by atoms with van der Waals surface area (Å²) in [6, 6.07) is 0.743. The SMILES string of the molecule is CN1CCC(CNCc2cncn2C2CC2)C1. The third kappa shape index (κ3) is 2.69. The summed E-state index contributed by atoms with van der Waals surface area (Å²) in [5, 5.41) is 3.59. The summed E-state index contributed by atoms with van der Waals surface area (Å²) in [7, 11) is 2.21. The van der Waals surface area contributed by atoms with Gasteiger partial charge in [-0.25, -0.2) is 4.98 Å². The third-order valence-electron chi connectivity index (χ3n) is 3.91. The minimum absolute atomic E-state index is 0.743.